The summed E-state index contributed by atoms with van der Waals surface area (Å²) >= 11 is 13.2. The van der Waals surface area contributed by atoms with Crippen LogP contribution in [0, 0.1) is 0 Å². The van der Waals surface area contributed by atoms with Crippen molar-refractivity contribution in [2.45, 2.75) is 19.8 Å². The maximum atomic E-state index is 13.5. The minimum Gasteiger partial charge on any atom is -0.463 e. The first-order valence-electron chi connectivity index (χ1n) is 11.1. The van der Waals surface area contributed by atoms with Gasteiger partial charge in [0, 0.05) is 10.0 Å². The van der Waals surface area contributed by atoms with E-state index in [4.69, 9.17) is 38.4 Å². The number of hydrogen-bond donors (Lipinski definition) is 1. The highest BCUT2D eigenvalue weighted by molar-refractivity contribution is 7.07. The second kappa shape index (κ2) is 10.7. The highest BCUT2D eigenvalue weighted by Gasteiger charge is 2.39. The number of benzene rings is 2. The number of esters is 2. The van der Waals surface area contributed by atoms with Crippen LogP contribution in [0.1, 0.15) is 30.9 Å². The second-order valence-electron chi connectivity index (χ2n) is 7.75. The number of hydrogen-bond acceptors (Lipinski definition) is 7. The van der Waals surface area contributed by atoms with E-state index >= 15 is 0 Å². The number of aromatic nitrogens is 1. The lowest BCUT2D eigenvalue weighted by Crippen LogP contribution is -2.42. The van der Waals surface area contributed by atoms with Crippen molar-refractivity contribution in [3.05, 3.63) is 94.8 Å². The molecule has 36 heavy (non-hydrogen) atoms. The molecule has 10 heteroatoms. The Morgan fingerprint density at radius 1 is 0.944 bits per heavy atom. The molecule has 0 radical (unpaired) electrons. The van der Waals surface area contributed by atoms with Crippen molar-refractivity contribution in [3.63, 3.8) is 0 Å². The van der Waals surface area contributed by atoms with Crippen molar-refractivity contribution < 1.29 is 19.1 Å². The Hall–Kier alpha value is -3.33. The summed E-state index contributed by atoms with van der Waals surface area (Å²) in [6, 6.07) is 13.6. The van der Waals surface area contributed by atoms with Crippen LogP contribution in [-0.2, 0) is 19.1 Å². The van der Waals surface area contributed by atoms with Gasteiger partial charge in [-0.15, -0.1) is 11.3 Å². The van der Waals surface area contributed by atoms with Crippen LogP contribution in [0.3, 0.4) is 0 Å². The molecule has 1 aliphatic rings. The zero-order chi connectivity index (χ0) is 26.0. The molecular formula is C26H22Cl2N2O5S. The average molecular weight is 545 g/mol. The van der Waals surface area contributed by atoms with Gasteiger partial charge in [0.05, 0.1) is 34.8 Å². The van der Waals surface area contributed by atoms with Crippen LogP contribution in [0.15, 0.2) is 58.9 Å². The fourth-order valence-electron chi connectivity index (χ4n) is 3.96. The Balaban J connectivity index is 2.10. The fourth-order valence-corrected chi connectivity index (χ4v) is 5.38. The van der Waals surface area contributed by atoms with Gasteiger partial charge in [0.1, 0.15) is 10.5 Å². The highest BCUT2D eigenvalue weighted by atomic mass is 35.5. The maximum absolute atomic E-state index is 13.5. The molecule has 0 bridgehead atoms. The van der Waals surface area contributed by atoms with Crippen LogP contribution in [0.2, 0.25) is 10.0 Å². The summed E-state index contributed by atoms with van der Waals surface area (Å²) in [4.78, 5) is 40.0. The molecule has 0 fully saturated rings. The third-order valence-electron chi connectivity index (χ3n) is 5.51. The summed E-state index contributed by atoms with van der Waals surface area (Å²) in [7, 11) is 0. The molecule has 3 aromatic rings. The number of thiazole rings is 1. The van der Waals surface area contributed by atoms with E-state index in [2.05, 4.69) is 0 Å². The molecule has 0 saturated carbocycles. The molecule has 1 aliphatic heterocycles. The van der Waals surface area contributed by atoms with Gasteiger partial charge in [0.25, 0.3) is 5.56 Å². The molecular weight excluding hydrogens is 523 g/mol. The minimum atomic E-state index is -0.929. The van der Waals surface area contributed by atoms with Gasteiger partial charge in [-0.1, -0.05) is 47.5 Å². The SMILES string of the molecule is CCOC(=O)C1=C(N)n2c(sc(=Cc3ccc(Cl)cc3)c2=O)=C(C(=O)OCC)C1c1ccc(Cl)cc1. The van der Waals surface area contributed by atoms with Crippen LogP contribution in [-0.4, -0.2) is 29.7 Å². The summed E-state index contributed by atoms with van der Waals surface area (Å²) in [6.45, 7) is 3.52. The normalized spacial score (nSPS) is 15.6. The van der Waals surface area contributed by atoms with E-state index in [9.17, 15) is 14.4 Å². The standard InChI is InChI=1S/C26H22Cl2N2O5S/c1-3-34-25(32)20-19(15-7-11-17(28)12-8-15)21(26(33)35-4-2)24-30(22(20)29)23(31)18(36-24)13-14-5-9-16(27)10-6-14/h5-13,19H,3-4,29H2,1-2H3. The van der Waals surface area contributed by atoms with Crippen molar-refractivity contribution in [1.82, 2.24) is 4.57 Å². The van der Waals surface area contributed by atoms with Gasteiger partial charge in [-0.05, 0) is 55.3 Å². The first kappa shape index (κ1) is 25.8. The van der Waals surface area contributed by atoms with Crippen molar-refractivity contribution in [3.8, 4) is 0 Å². The Bertz CT molecular complexity index is 1540. The number of nitrogens with two attached hydrogens (primary N) is 1. The monoisotopic (exact) mass is 544 g/mol. The molecule has 0 aliphatic carbocycles. The van der Waals surface area contributed by atoms with Crippen molar-refractivity contribution in [2.75, 3.05) is 13.2 Å². The number of nitrogens with zero attached hydrogens (tertiary/aromatic N) is 1. The van der Waals surface area contributed by atoms with Crippen LogP contribution >= 0.6 is 34.5 Å². The zero-order valence-electron chi connectivity index (χ0n) is 19.4. The Kier molecular flexibility index (Phi) is 7.68. The van der Waals surface area contributed by atoms with Crippen LogP contribution in [0.4, 0.5) is 0 Å². The molecule has 7 nitrogen and oxygen atoms in total. The molecule has 0 saturated heterocycles. The molecule has 1 unspecified atom stereocenters. The van der Waals surface area contributed by atoms with E-state index in [0.717, 1.165) is 16.9 Å². The van der Waals surface area contributed by atoms with E-state index in [-0.39, 0.29) is 34.8 Å². The summed E-state index contributed by atoms with van der Waals surface area (Å²) < 4.78 is 12.4. The zero-order valence-corrected chi connectivity index (χ0v) is 21.7. The topological polar surface area (TPSA) is 101 Å². The van der Waals surface area contributed by atoms with E-state index in [0.29, 0.717) is 20.1 Å². The Morgan fingerprint density at radius 3 is 2.03 bits per heavy atom. The Labute approximate surface area is 220 Å². The quantitative estimate of drug-likeness (QED) is 0.478. The van der Waals surface area contributed by atoms with E-state index in [1.54, 1.807) is 68.5 Å². The summed E-state index contributed by atoms with van der Waals surface area (Å²) in [5.74, 6) is -2.43. The summed E-state index contributed by atoms with van der Waals surface area (Å²) in [5.41, 5.74) is 7.40. The minimum absolute atomic E-state index is 0.0207. The lowest BCUT2D eigenvalue weighted by atomic mass is 9.83. The highest BCUT2D eigenvalue weighted by Crippen LogP contribution is 2.38. The predicted octanol–water partition coefficient (Wildman–Crippen LogP) is 3.25. The fraction of sp³-hybridized carbons (Fsp3) is 0.192. The Morgan fingerprint density at radius 2 is 1.47 bits per heavy atom. The molecule has 2 heterocycles. The lowest BCUT2D eigenvalue weighted by Gasteiger charge is -2.27. The van der Waals surface area contributed by atoms with Gasteiger partial charge in [-0.2, -0.15) is 0 Å². The molecule has 2 N–H and O–H groups in total. The van der Waals surface area contributed by atoms with Crippen molar-refractivity contribution in [1.29, 1.82) is 0 Å². The van der Waals surface area contributed by atoms with Gasteiger partial charge in [-0.25, -0.2) is 9.59 Å². The summed E-state index contributed by atoms with van der Waals surface area (Å²) in [5, 5.41) is 1.04. The van der Waals surface area contributed by atoms with Gasteiger partial charge in [0.2, 0.25) is 0 Å². The number of rotatable bonds is 6. The van der Waals surface area contributed by atoms with E-state index in [1.165, 1.54) is 4.57 Å². The third kappa shape index (κ3) is 4.84. The second-order valence-corrected chi connectivity index (χ2v) is 9.65. The third-order valence-corrected chi connectivity index (χ3v) is 7.12. The molecule has 4 rings (SSSR count). The predicted molar refractivity (Wildman–Crippen MR) is 141 cm³/mol. The molecule has 1 aromatic heterocycles. The molecule has 186 valence electrons. The molecule has 2 aromatic carbocycles. The van der Waals surface area contributed by atoms with Gasteiger partial charge in [-0.3, -0.25) is 9.36 Å². The largest absolute Gasteiger partial charge is 0.463 e. The average Bonchev–Trinajstić information content (AvgIpc) is 3.17. The first-order chi connectivity index (χ1) is 17.3. The lowest BCUT2D eigenvalue weighted by molar-refractivity contribution is -0.138. The van der Waals surface area contributed by atoms with Crippen molar-refractivity contribution in [2.24, 2.45) is 5.73 Å². The first-order valence-corrected chi connectivity index (χ1v) is 12.7. The van der Waals surface area contributed by atoms with Crippen molar-refractivity contribution >= 4 is 63.9 Å². The van der Waals surface area contributed by atoms with Gasteiger partial charge < -0.3 is 15.2 Å². The molecule has 1 atom stereocenters. The van der Waals surface area contributed by atoms with Crippen LogP contribution in [0.25, 0.3) is 17.5 Å². The molecule has 0 amide bonds. The number of carbonyl (C=O) groups excluding carboxylic acids is 2. The number of carbonyl (C=O) groups is 2. The van der Waals surface area contributed by atoms with Crippen LogP contribution < -0.4 is 20.5 Å². The number of halogens is 2. The summed E-state index contributed by atoms with van der Waals surface area (Å²) in [6.07, 6.45) is 1.67. The molecule has 0 spiro atoms. The number of ether oxygens (including phenoxy) is 2. The van der Waals surface area contributed by atoms with E-state index < -0.39 is 23.4 Å². The maximum Gasteiger partial charge on any atom is 0.338 e. The van der Waals surface area contributed by atoms with Crippen LogP contribution in [0.5, 0.6) is 0 Å². The van der Waals surface area contributed by atoms with Gasteiger partial charge >= 0.3 is 11.9 Å². The van der Waals surface area contributed by atoms with Gasteiger partial charge in [0.15, 0.2) is 0 Å². The van der Waals surface area contributed by atoms with E-state index in [1.807, 2.05) is 0 Å². The number of fused-ring (bicyclic) bond motifs is 1. The smallest absolute Gasteiger partial charge is 0.338 e.